The number of hydrogen-bond acceptors (Lipinski definition) is 3. The Morgan fingerprint density at radius 3 is 2.95 bits per heavy atom. The summed E-state index contributed by atoms with van der Waals surface area (Å²) >= 11 is 1.83. The van der Waals surface area contributed by atoms with Gasteiger partial charge in [-0.1, -0.05) is 19.3 Å². The average Bonchev–Trinajstić information content (AvgIpc) is 2.95. The number of rotatable bonds is 3. The molecule has 20 heavy (non-hydrogen) atoms. The van der Waals surface area contributed by atoms with Gasteiger partial charge in [-0.3, -0.25) is 4.79 Å². The van der Waals surface area contributed by atoms with Crippen LogP contribution in [-0.4, -0.2) is 29.9 Å². The van der Waals surface area contributed by atoms with Crippen molar-refractivity contribution in [2.24, 2.45) is 0 Å². The van der Waals surface area contributed by atoms with Gasteiger partial charge in [-0.05, 0) is 43.3 Å². The molecule has 3 rings (SSSR count). The number of carbonyl (C=O) groups is 1. The van der Waals surface area contributed by atoms with Crippen molar-refractivity contribution in [3.63, 3.8) is 0 Å². The normalized spacial score (nSPS) is 21.6. The van der Waals surface area contributed by atoms with Crippen molar-refractivity contribution in [1.29, 1.82) is 0 Å². The molecule has 1 aliphatic heterocycles. The van der Waals surface area contributed by atoms with E-state index in [-0.39, 0.29) is 5.54 Å². The van der Waals surface area contributed by atoms with Crippen LogP contribution >= 0.6 is 11.3 Å². The summed E-state index contributed by atoms with van der Waals surface area (Å²) in [5, 5.41) is 5.60. The summed E-state index contributed by atoms with van der Waals surface area (Å²) in [6, 6.07) is 2.17. The molecule has 1 aromatic heterocycles. The lowest BCUT2D eigenvalue weighted by Crippen LogP contribution is -2.49. The van der Waals surface area contributed by atoms with Gasteiger partial charge in [0.25, 0.3) is 0 Å². The first-order valence-corrected chi connectivity index (χ1v) is 8.62. The Morgan fingerprint density at radius 1 is 1.40 bits per heavy atom. The van der Waals surface area contributed by atoms with E-state index >= 15 is 0 Å². The molecule has 2 aliphatic rings. The standard InChI is InChI=1S/C16H24N2OS/c1-17-16(7-3-2-4-8-16)11-15(19)18-9-5-14-13(12-18)6-10-20-14/h6,10,17H,2-5,7-9,11-12H2,1H3. The van der Waals surface area contributed by atoms with Crippen molar-refractivity contribution in [2.45, 2.75) is 57.0 Å². The van der Waals surface area contributed by atoms with Crippen molar-refractivity contribution in [1.82, 2.24) is 10.2 Å². The van der Waals surface area contributed by atoms with E-state index in [2.05, 4.69) is 21.7 Å². The summed E-state index contributed by atoms with van der Waals surface area (Å²) in [4.78, 5) is 16.2. The molecule has 1 aliphatic carbocycles. The molecule has 0 spiro atoms. The molecular weight excluding hydrogens is 268 g/mol. The topological polar surface area (TPSA) is 32.3 Å². The lowest BCUT2D eigenvalue weighted by Gasteiger charge is -2.38. The monoisotopic (exact) mass is 292 g/mol. The van der Waals surface area contributed by atoms with E-state index in [0.717, 1.165) is 32.4 Å². The molecule has 4 heteroatoms. The van der Waals surface area contributed by atoms with Crippen LogP contribution in [0.5, 0.6) is 0 Å². The Morgan fingerprint density at radius 2 is 2.20 bits per heavy atom. The van der Waals surface area contributed by atoms with Crippen molar-refractivity contribution >= 4 is 17.2 Å². The molecule has 0 aromatic carbocycles. The maximum atomic E-state index is 12.7. The Balaban J connectivity index is 1.64. The molecule has 0 radical (unpaired) electrons. The third-order valence-corrected chi connectivity index (χ3v) is 6.01. The minimum absolute atomic E-state index is 0.0598. The number of fused-ring (bicyclic) bond motifs is 1. The summed E-state index contributed by atoms with van der Waals surface area (Å²) < 4.78 is 0. The van der Waals surface area contributed by atoms with Crippen LogP contribution in [0, 0.1) is 0 Å². The summed E-state index contributed by atoms with van der Waals surface area (Å²) in [5.74, 6) is 0.332. The Kier molecular flexibility index (Phi) is 4.13. The lowest BCUT2D eigenvalue weighted by molar-refractivity contribution is -0.134. The number of thiophene rings is 1. The highest BCUT2D eigenvalue weighted by atomic mass is 32.1. The second-order valence-corrected chi connectivity index (χ2v) is 7.20. The van der Waals surface area contributed by atoms with Crippen molar-refractivity contribution in [3.8, 4) is 0 Å². The van der Waals surface area contributed by atoms with E-state index in [0.29, 0.717) is 12.3 Å². The first-order chi connectivity index (χ1) is 9.72. The number of nitrogens with one attached hydrogen (secondary N) is 1. The highest BCUT2D eigenvalue weighted by molar-refractivity contribution is 7.10. The smallest absolute Gasteiger partial charge is 0.224 e. The van der Waals surface area contributed by atoms with Crippen LogP contribution in [0.1, 0.15) is 49.0 Å². The van der Waals surface area contributed by atoms with E-state index in [1.165, 1.54) is 29.7 Å². The molecular formula is C16H24N2OS. The fourth-order valence-electron chi connectivity index (χ4n) is 3.61. The van der Waals surface area contributed by atoms with Crippen molar-refractivity contribution in [2.75, 3.05) is 13.6 Å². The lowest BCUT2D eigenvalue weighted by atomic mass is 9.79. The minimum Gasteiger partial charge on any atom is -0.338 e. The Bertz CT molecular complexity index is 477. The van der Waals surface area contributed by atoms with E-state index in [1.807, 2.05) is 18.4 Å². The summed E-state index contributed by atoms with van der Waals surface area (Å²) in [6.45, 7) is 1.71. The van der Waals surface area contributed by atoms with Crippen LogP contribution in [0.15, 0.2) is 11.4 Å². The van der Waals surface area contributed by atoms with Crippen LogP contribution in [0.4, 0.5) is 0 Å². The predicted octanol–water partition coefficient (Wildman–Crippen LogP) is 2.95. The van der Waals surface area contributed by atoms with E-state index in [9.17, 15) is 4.79 Å². The summed E-state index contributed by atoms with van der Waals surface area (Å²) in [7, 11) is 2.02. The third kappa shape index (κ3) is 2.77. The third-order valence-electron chi connectivity index (χ3n) is 4.99. The van der Waals surface area contributed by atoms with Gasteiger partial charge < -0.3 is 10.2 Å². The van der Waals surface area contributed by atoms with Gasteiger partial charge in [0.05, 0.1) is 0 Å². The highest BCUT2D eigenvalue weighted by Gasteiger charge is 2.34. The van der Waals surface area contributed by atoms with Gasteiger partial charge in [0.15, 0.2) is 0 Å². The maximum absolute atomic E-state index is 12.7. The molecule has 0 saturated heterocycles. The molecule has 3 nitrogen and oxygen atoms in total. The SMILES string of the molecule is CNC1(CC(=O)N2CCc3sccc3C2)CCCCC1. The fraction of sp³-hybridized carbons (Fsp3) is 0.688. The van der Waals surface area contributed by atoms with Gasteiger partial charge in [0, 0.05) is 29.9 Å². The summed E-state index contributed by atoms with van der Waals surface area (Å²) in [6.07, 6.45) is 7.82. The Labute approximate surface area is 125 Å². The van der Waals surface area contributed by atoms with Gasteiger partial charge in [-0.15, -0.1) is 11.3 Å². The molecule has 1 saturated carbocycles. The number of amides is 1. The van der Waals surface area contributed by atoms with E-state index in [1.54, 1.807) is 0 Å². The first-order valence-electron chi connectivity index (χ1n) is 7.74. The van der Waals surface area contributed by atoms with Crippen LogP contribution < -0.4 is 5.32 Å². The van der Waals surface area contributed by atoms with E-state index < -0.39 is 0 Å². The molecule has 1 fully saturated rings. The number of carbonyl (C=O) groups excluding carboxylic acids is 1. The molecule has 1 aromatic rings. The maximum Gasteiger partial charge on any atom is 0.224 e. The van der Waals surface area contributed by atoms with E-state index in [4.69, 9.17) is 0 Å². The van der Waals surface area contributed by atoms with Gasteiger partial charge in [-0.2, -0.15) is 0 Å². The zero-order valence-corrected chi connectivity index (χ0v) is 13.1. The van der Waals surface area contributed by atoms with Gasteiger partial charge in [0.2, 0.25) is 5.91 Å². The first kappa shape index (κ1) is 14.1. The Hall–Kier alpha value is -0.870. The van der Waals surface area contributed by atoms with Crippen LogP contribution in [-0.2, 0) is 17.8 Å². The molecule has 2 heterocycles. The van der Waals surface area contributed by atoms with Crippen molar-refractivity contribution < 1.29 is 4.79 Å². The molecule has 1 N–H and O–H groups in total. The minimum atomic E-state index is 0.0598. The molecule has 0 unspecified atom stereocenters. The predicted molar refractivity (Wildman–Crippen MR) is 82.9 cm³/mol. The largest absolute Gasteiger partial charge is 0.338 e. The highest BCUT2D eigenvalue weighted by Crippen LogP contribution is 2.32. The zero-order chi connectivity index (χ0) is 14.0. The van der Waals surface area contributed by atoms with Crippen LogP contribution in [0.25, 0.3) is 0 Å². The molecule has 1 amide bonds. The fourth-order valence-corrected chi connectivity index (χ4v) is 4.50. The van der Waals surface area contributed by atoms with Gasteiger partial charge in [0.1, 0.15) is 0 Å². The summed E-state index contributed by atoms with van der Waals surface area (Å²) in [5.41, 5.74) is 1.42. The molecule has 0 atom stereocenters. The van der Waals surface area contributed by atoms with Gasteiger partial charge in [-0.25, -0.2) is 0 Å². The number of hydrogen-bond donors (Lipinski definition) is 1. The quantitative estimate of drug-likeness (QED) is 0.929. The average molecular weight is 292 g/mol. The molecule has 110 valence electrons. The second-order valence-electron chi connectivity index (χ2n) is 6.20. The molecule has 0 bridgehead atoms. The number of nitrogens with zero attached hydrogens (tertiary/aromatic N) is 1. The van der Waals surface area contributed by atoms with Crippen LogP contribution in [0.3, 0.4) is 0 Å². The van der Waals surface area contributed by atoms with Gasteiger partial charge >= 0.3 is 0 Å². The van der Waals surface area contributed by atoms with Crippen LogP contribution in [0.2, 0.25) is 0 Å². The second kappa shape index (κ2) is 5.86. The van der Waals surface area contributed by atoms with Crippen molar-refractivity contribution in [3.05, 3.63) is 21.9 Å². The zero-order valence-electron chi connectivity index (χ0n) is 12.3.